The van der Waals surface area contributed by atoms with Gasteiger partial charge in [-0.2, -0.15) is 4.31 Å². The van der Waals surface area contributed by atoms with E-state index in [9.17, 15) is 13.2 Å². The highest BCUT2D eigenvalue weighted by Gasteiger charge is 2.50. The summed E-state index contributed by atoms with van der Waals surface area (Å²) in [6.45, 7) is 3.51. The van der Waals surface area contributed by atoms with Gasteiger partial charge in [-0.25, -0.2) is 8.42 Å². The molecule has 1 spiro atoms. The van der Waals surface area contributed by atoms with E-state index in [0.717, 1.165) is 11.3 Å². The second-order valence-corrected chi connectivity index (χ2v) is 9.74. The van der Waals surface area contributed by atoms with E-state index in [0.29, 0.717) is 31.0 Å². The molecule has 2 fully saturated rings. The van der Waals surface area contributed by atoms with Gasteiger partial charge >= 0.3 is 0 Å². The Kier molecular flexibility index (Phi) is 4.77. The maximum absolute atomic E-state index is 13.2. The van der Waals surface area contributed by atoms with Crippen LogP contribution in [0.15, 0.2) is 59.5 Å². The van der Waals surface area contributed by atoms with Crippen LogP contribution in [0.1, 0.15) is 12.0 Å². The van der Waals surface area contributed by atoms with Gasteiger partial charge in [0.1, 0.15) is 0 Å². The Hall–Kier alpha value is -2.22. The highest BCUT2D eigenvalue weighted by molar-refractivity contribution is 7.89. The summed E-state index contributed by atoms with van der Waals surface area (Å²) in [5.41, 5.74) is 1.41. The number of piperazine rings is 1. The lowest BCUT2D eigenvalue weighted by Crippen LogP contribution is -2.64. The van der Waals surface area contributed by atoms with Gasteiger partial charge in [0, 0.05) is 25.3 Å². The number of sulfonamides is 1. The van der Waals surface area contributed by atoms with Gasteiger partial charge in [-0.3, -0.25) is 9.69 Å². The van der Waals surface area contributed by atoms with Gasteiger partial charge in [0.25, 0.3) is 0 Å². The molecule has 2 heterocycles. The second-order valence-electron chi connectivity index (χ2n) is 7.80. The zero-order valence-electron chi connectivity index (χ0n) is 16.2. The minimum atomic E-state index is -3.55. The molecule has 1 amide bonds. The molecule has 0 aliphatic carbocycles. The van der Waals surface area contributed by atoms with Gasteiger partial charge in [-0.05, 0) is 50.2 Å². The molecule has 148 valence electrons. The molecule has 2 aliphatic heterocycles. The number of aryl methyl sites for hydroxylation is 1. The van der Waals surface area contributed by atoms with Crippen LogP contribution in [-0.2, 0) is 14.8 Å². The number of carbonyl (C=O) groups is 1. The van der Waals surface area contributed by atoms with Crippen molar-refractivity contribution in [1.82, 2.24) is 9.21 Å². The third-order valence-electron chi connectivity index (χ3n) is 5.93. The van der Waals surface area contributed by atoms with Crippen molar-refractivity contribution >= 4 is 21.6 Å². The molecule has 2 saturated heterocycles. The van der Waals surface area contributed by atoms with Crippen LogP contribution in [0.25, 0.3) is 0 Å². The first-order valence-corrected chi connectivity index (χ1v) is 10.9. The summed E-state index contributed by atoms with van der Waals surface area (Å²) in [5, 5.41) is 0. The summed E-state index contributed by atoms with van der Waals surface area (Å²) in [7, 11) is -1.63. The lowest BCUT2D eigenvalue weighted by atomic mass is 9.92. The lowest BCUT2D eigenvalue weighted by Gasteiger charge is -2.46. The molecule has 0 radical (unpaired) electrons. The van der Waals surface area contributed by atoms with Crippen LogP contribution < -0.4 is 4.90 Å². The third-order valence-corrected chi connectivity index (χ3v) is 7.77. The van der Waals surface area contributed by atoms with Crippen molar-refractivity contribution in [1.29, 1.82) is 0 Å². The average molecular weight is 400 g/mol. The maximum atomic E-state index is 13.2. The van der Waals surface area contributed by atoms with E-state index in [2.05, 4.69) is 0 Å². The van der Waals surface area contributed by atoms with Gasteiger partial charge < -0.3 is 4.90 Å². The SMILES string of the molecule is Cc1cccc(S(=O)(=O)N2CCC3(CN(c4ccccc4)C(=O)CN3C)C2)c1. The molecule has 28 heavy (non-hydrogen) atoms. The van der Waals surface area contributed by atoms with Crippen molar-refractivity contribution in [2.24, 2.45) is 0 Å². The molecule has 6 nitrogen and oxygen atoms in total. The predicted octanol–water partition coefficient (Wildman–Crippen LogP) is 2.11. The van der Waals surface area contributed by atoms with Gasteiger partial charge in [0.2, 0.25) is 15.9 Å². The summed E-state index contributed by atoms with van der Waals surface area (Å²) in [5.74, 6) is 0.0410. The molecule has 2 aromatic carbocycles. The largest absolute Gasteiger partial charge is 0.309 e. The van der Waals surface area contributed by atoms with E-state index in [1.165, 1.54) is 0 Å². The number of hydrogen-bond donors (Lipinski definition) is 0. The Morgan fingerprint density at radius 1 is 1.00 bits per heavy atom. The zero-order valence-corrected chi connectivity index (χ0v) is 17.0. The van der Waals surface area contributed by atoms with E-state index >= 15 is 0 Å². The van der Waals surface area contributed by atoms with E-state index in [-0.39, 0.29) is 18.0 Å². The first-order chi connectivity index (χ1) is 13.3. The number of anilines is 1. The number of amides is 1. The Balaban J connectivity index is 1.61. The fourth-order valence-electron chi connectivity index (χ4n) is 4.19. The van der Waals surface area contributed by atoms with Gasteiger partial charge in [0.15, 0.2) is 0 Å². The fraction of sp³-hybridized carbons (Fsp3) is 0.381. The summed E-state index contributed by atoms with van der Waals surface area (Å²) in [6.07, 6.45) is 0.700. The van der Waals surface area contributed by atoms with Crippen LogP contribution in [0.2, 0.25) is 0 Å². The molecule has 1 atom stereocenters. The topological polar surface area (TPSA) is 60.9 Å². The molecule has 1 unspecified atom stereocenters. The normalized spacial score (nSPS) is 24.2. The monoisotopic (exact) mass is 399 g/mol. The Bertz CT molecular complexity index is 993. The van der Waals surface area contributed by atoms with Crippen LogP contribution in [0.5, 0.6) is 0 Å². The minimum absolute atomic E-state index is 0.0410. The maximum Gasteiger partial charge on any atom is 0.243 e. The second kappa shape index (κ2) is 6.99. The first kappa shape index (κ1) is 19.1. The van der Waals surface area contributed by atoms with Gasteiger partial charge in [-0.15, -0.1) is 0 Å². The van der Waals surface area contributed by atoms with Crippen LogP contribution in [0.3, 0.4) is 0 Å². The van der Waals surface area contributed by atoms with Crippen molar-refractivity contribution in [3.63, 3.8) is 0 Å². The van der Waals surface area contributed by atoms with Crippen molar-refractivity contribution in [2.45, 2.75) is 23.8 Å². The van der Waals surface area contributed by atoms with Crippen LogP contribution in [-0.4, -0.2) is 62.3 Å². The van der Waals surface area contributed by atoms with Gasteiger partial charge in [-0.1, -0.05) is 30.3 Å². The number of rotatable bonds is 3. The van der Waals surface area contributed by atoms with Crippen molar-refractivity contribution in [3.8, 4) is 0 Å². The van der Waals surface area contributed by atoms with E-state index in [1.807, 2.05) is 55.3 Å². The predicted molar refractivity (Wildman–Crippen MR) is 109 cm³/mol. The minimum Gasteiger partial charge on any atom is -0.309 e. The quantitative estimate of drug-likeness (QED) is 0.793. The van der Waals surface area contributed by atoms with E-state index in [1.54, 1.807) is 27.4 Å². The van der Waals surface area contributed by atoms with E-state index in [4.69, 9.17) is 0 Å². The summed E-state index contributed by atoms with van der Waals surface area (Å²) < 4.78 is 27.9. The van der Waals surface area contributed by atoms with Crippen LogP contribution >= 0.6 is 0 Å². The Morgan fingerprint density at radius 2 is 1.75 bits per heavy atom. The number of hydrogen-bond acceptors (Lipinski definition) is 4. The van der Waals surface area contributed by atoms with Crippen molar-refractivity contribution < 1.29 is 13.2 Å². The highest BCUT2D eigenvalue weighted by atomic mass is 32.2. The number of nitrogens with zero attached hydrogens (tertiary/aromatic N) is 3. The lowest BCUT2D eigenvalue weighted by molar-refractivity contribution is -0.123. The standard InChI is InChI=1S/C21H25N3O3S/c1-17-7-6-10-19(13-17)28(26,27)23-12-11-21(15-23)16-24(20(25)14-22(21)2)18-8-4-3-5-9-18/h3-10,13H,11-12,14-16H2,1-2H3. The summed E-state index contributed by atoms with van der Waals surface area (Å²) in [4.78, 5) is 16.8. The molecule has 7 heteroatoms. The van der Waals surface area contributed by atoms with Crippen LogP contribution in [0, 0.1) is 6.92 Å². The molecule has 2 aliphatic rings. The summed E-state index contributed by atoms with van der Waals surface area (Å²) >= 11 is 0. The first-order valence-electron chi connectivity index (χ1n) is 9.45. The van der Waals surface area contributed by atoms with E-state index < -0.39 is 10.0 Å². The highest BCUT2D eigenvalue weighted by Crippen LogP contribution is 2.35. The smallest absolute Gasteiger partial charge is 0.243 e. The molecular formula is C21H25N3O3S. The molecule has 2 aromatic rings. The molecule has 0 N–H and O–H groups in total. The van der Waals surface area contributed by atoms with Crippen molar-refractivity contribution in [2.75, 3.05) is 38.1 Å². The van der Waals surface area contributed by atoms with Crippen molar-refractivity contribution in [3.05, 3.63) is 60.2 Å². The van der Waals surface area contributed by atoms with Crippen LogP contribution in [0.4, 0.5) is 5.69 Å². The molecule has 4 rings (SSSR count). The Morgan fingerprint density at radius 3 is 2.46 bits per heavy atom. The summed E-state index contributed by atoms with van der Waals surface area (Å²) in [6, 6.07) is 16.6. The number of para-hydroxylation sites is 1. The average Bonchev–Trinajstić information content (AvgIpc) is 3.12. The van der Waals surface area contributed by atoms with Gasteiger partial charge in [0.05, 0.1) is 17.0 Å². The number of likely N-dealkylation sites (N-methyl/N-ethyl adjacent to an activating group) is 1. The zero-order chi connectivity index (χ0) is 19.9. The Labute approximate surface area is 166 Å². The number of benzene rings is 2. The third kappa shape index (κ3) is 3.23. The molecule has 0 aromatic heterocycles. The molecular weight excluding hydrogens is 374 g/mol. The fourth-order valence-corrected chi connectivity index (χ4v) is 5.82. The molecule has 0 bridgehead atoms. The number of carbonyl (C=O) groups excluding carboxylic acids is 1. The molecule has 0 saturated carbocycles.